The summed E-state index contributed by atoms with van der Waals surface area (Å²) in [5.41, 5.74) is 1.46. The van der Waals surface area contributed by atoms with Crippen LogP contribution in [0.4, 0.5) is 10.1 Å². The van der Waals surface area contributed by atoms with Crippen molar-refractivity contribution < 1.29 is 19.1 Å². The number of benzene rings is 2. The van der Waals surface area contributed by atoms with Crippen LogP contribution in [-0.2, 0) is 4.79 Å². The zero-order valence-corrected chi connectivity index (χ0v) is 14.7. The van der Waals surface area contributed by atoms with Gasteiger partial charge in [0.1, 0.15) is 5.82 Å². The number of hydrogen-bond acceptors (Lipinski definition) is 4. The van der Waals surface area contributed by atoms with Crippen molar-refractivity contribution in [3.8, 4) is 0 Å². The number of thioether (sulfide) groups is 1. The number of amides is 1. The summed E-state index contributed by atoms with van der Waals surface area (Å²) >= 11 is 1.23. The molecule has 0 atom stereocenters. The van der Waals surface area contributed by atoms with E-state index in [0.717, 1.165) is 5.56 Å². The number of halogens is 1. The molecule has 0 spiro atoms. The molecule has 0 radical (unpaired) electrons. The first-order valence-corrected chi connectivity index (χ1v) is 8.68. The van der Waals surface area contributed by atoms with Gasteiger partial charge >= 0.3 is 5.97 Å². The number of aliphatic imine (C=N–C) groups is 1. The van der Waals surface area contributed by atoms with E-state index in [2.05, 4.69) is 4.99 Å². The van der Waals surface area contributed by atoms with Gasteiger partial charge in [-0.25, -0.2) is 14.2 Å². The van der Waals surface area contributed by atoms with Crippen molar-refractivity contribution in [2.45, 2.75) is 6.92 Å². The lowest BCUT2D eigenvalue weighted by Gasteiger charge is -2.12. The number of nitrogens with zero attached hydrogens (tertiary/aromatic N) is 2. The maximum Gasteiger partial charge on any atom is 0.335 e. The van der Waals surface area contributed by atoms with Gasteiger partial charge in [-0.05, 0) is 66.7 Å². The Labute approximate surface area is 153 Å². The number of carboxylic acid groups (broad SMARTS) is 1. The summed E-state index contributed by atoms with van der Waals surface area (Å²) < 4.78 is 13.0. The average molecular weight is 370 g/mol. The predicted molar refractivity (Wildman–Crippen MR) is 99.9 cm³/mol. The number of carboxylic acids is 1. The van der Waals surface area contributed by atoms with Gasteiger partial charge in [-0.1, -0.05) is 12.1 Å². The van der Waals surface area contributed by atoms with Gasteiger partial charge in [0, 0.05) is 6.54 Å². The molecule has 26 heavy (non-hydrogen) atoms. The molecule has 1 amide bonds. The van der Waals surface area contributed by atoms with Crippen molar-refractivity contribution in [3.63, 3.8) is 0 Å². The fourth-order valence-corrected chi connectivity index (χ4v) is 3.43. The van der Waals surface area contributed by atoms with Gasteiger partial charge in [-0.2, -0.15) is 0 Å². The fourth-order valence-electron chi connectivity index (χ4n) is 2.37. The third-order valence-electron chi connectivity index (χ3n) is 3.71. The highest BCUT2D eigenvalue weighted by Gasteiger charge is 2.32. The van der Waals surface area contributed by atoms with E-state index in [9.17, 15) is 14.0 Å². The third-order valence-corrected chi connectivity index (χ3v) is 4.72. The first-order chi connectivity index (χ1) is 12.5. The molecule has 1 N–H and O–H groups in total. The Balaban J connectivity index is 1.89. The highest BCUT2D eigenvalue weighted by atomic mass is 32.2. The molecule has 1 saturated heterocycles. The van der Waals surface area contributed by atoms with Crippen molar-refractivity contribution in [2.24, 2.45) is 4.99 Å². The van der Waals surface area contributed by atoms with E-state index in [0.29, 0.717) is 22.3 Å². The quantitative estimate of drug-likeness (QED) is 0.821. The Morgan fingerprint density at radius 1 is 1.19 bits per heavy atom. The standard InChI is InChI=1S/C19H15FN2O3S/c1-2-22-17(23)16(11-12-3-7-14(20)8-4-12)26-19(22)21-15-9-5-13(6-10-15)18(24)25/h3-11H,2H2,1H3,(H,24,25)/b16-11+,21-19?. The maximum atomic E-state index is 13.0. The summed E-state index contributed by atoms with van der Waals surface area (Å²) in [6.07, 6.45) is 1.70. The first kappa shape index (κ1) is 17.9. The lowest BCUT2D eigenvalue weighted by atomic mass is 10.2. The Morgan fingerprint density at radius 2 is 1.85 bits per heavy atom. The molecule has 1 heterocycles. The second kappa shape index (κ2) is 7.53. The molecule has 0 bridgehead atoms. The van der Waals surface area contributed by atoms with Crippen LogP contribution in [0.2, 0.25) is 0 Å². The van der Waals surface area contributed by atoms with E-state index in [1.165, 1.54) is 36.0 Å². The minimum atomic E-state index is -1.01. The van der Waals surface area contributed by atoms with Crippen molar-refractivity contribution in [1.82, 2.24) is 4.90 Å². The largest absolute Gasteiger partial charge is 0.478 e. The monoisotopic (exact) mass is 370 g/mol. The number of hydrogen-bond donors (Lipinski definition) is 1. The minimum Gasteiger partial charge on any atom is -0.478 e. The van der Waals surface area contributed by atoms with E-state index in [1.807, 2.05) is 6.92 Å². The van der Waals surface area contributed by atoms with Crippen molar-refractivity contribution in [1.29, 1.82) is 0 Å². The second-order valence-corrected chi connectivity index (χ2v) is 6.47. The van der Waals surface area contributed by atoms with Crippen LogP contribution in [0.3, 0.4) is 0 Å². The van der Waals surface area contributed by atoms with Gasteiger partial charge in [0.25, 0.3) is 5.91 Å². The molecule has 3 rings (SSSR count). The van der Waals surface area contributed by atoms with Gasteiger partial charge in [-0.15, -0.1) is 0 Å². The molecule has 0 saturated carbocycles. The summed E-state index contributed by atoms with van der Waals surface area (Å²) in [6, 6.07) is 12.0. The lowest BCUT2D eigenvalue weighted by Crippen LogP contribution is -2.28. The molecule has 1 fully saturated rings. The molecule has 2 aromatic rings. The topological polar surface area (TPSA) is 70.0 Å². The van der Waals surface area contributed by atoms with E-state index >= 15 is 0 Å². The number of likely N-dealkylation sites (N-methyl/N-ethyl adjacent to an activating group) is 1. The Kier molecular flexibility index (Phi) is 5.18. The highest BCUT2D eigenvalue weighted by molar-refractivity contribution is 8.18. The molecule has 5 nitrogen and oxygen atoms in total. The van der Waals surface area contributed by atoms with E-state index in [4.69, 9.17) is 5.11 Å². The number of amidine groups is 1. The Bertz CT molecular complexity index is 905. The predicted octanol–water partition coefficient (Wildman–Crippen LogP) is 4.15. The smallest absolute Gasteiger partial charge is 0.335 e. The normalized spacial score (nSPS) is 17.3. The minimum absolute atomic E-state index is 0.164. The third kappa shape index (κ3) is 3.83. The van der Waals surface area contributed by atoms with Crippen molar-refractivity contribution in [2.75, 3.05) is 6.54 Å². The number of aromatic carboxylic acids is 1. The molecular formula is C19H15FN2O3S. The van der Waals surface area contributed by atoms with E-state index in [-0.39, 0.29) is 17.3 Å². The van der Waals surface area contributed by atoms with Crippen LogP contribution in [0.15, 0.2) is 58.4 Å². The van der Waals surface area contributed by atoms with E-state index in [1.54, 1.807) is 35.2 Å². The first-order valence-electron chi connectivity index (χ1n) is 7.87. The second-order valence-electron chi connectivity index (χ2n) is 5.46. The summed E-state index contributed by atoms with van der Waals surface area (Å²) in [5, 5.41) is 9.47. The molecule has 0 aromatic heterocycles. The highest BCUT2D eigenvalue weighted by Crippen LogP contribution is 2.34. The molecule has 0 unspecified atom stereocenters. The molecule has 7 heteroatoms. The van der Waals surface area contributed by atoms with Gasteiger partial charge < -0.3 is 5.11 Å². The fraction of sp³-hybridized carbons (Fsp3) is 0.105. The van der Waals surface area contributed by atoms with Gasteiger partial charge in [0.2, 0.25) is 0 Å². The lowest BCUT2D eigenvalue weighted by molar-refractivity contribution is -0.122. The zero-order valence-electron chi connectivity index (χ0n) is 13.8. The van der Waals surface area contributed by atoms with Crippen LogP contribution in [0.25, 0.3) is 6.08 Å². The van der Waals surface area contributed by atoms with Gasteiger partial charge in [-0.3, -0.25) is 9.69 Å². The summed E-state index contributed by atoms with van der Waals surface area (Å²) in [5.74, 6) is -1.50. The van der Waals surface area contributed by atoms with Crippen LogP contribution in [-0.4, -0.2) is 33.6 Å². The molecule has 1 aliphatic rings. The van der Waals surface area contributed by atoms with Crippen LogP contribution >= 0.6 is 11.8 Å². The van der Waals surface area contributed by atoms with Crippen LogP contribution < -0.4 is 0 Å². The molecule has 2 aromatic carbocycles. The summed E-state index contributed by atoms with van der Waals surface area (Å²) in [7, 11) is 0. The van der Waals surface area contributed by atoms with Crippen LogP contribution in [0, 0.1) is 5.82 Å². The van der Waals surface area contributed by atoms with Crippen LogP contribution in [0.5, 0.6) is 0 Å². The number of rotatable bonds is 4. The zero-order chi connectivity index (χ0) is 18.7. The van der Waals surface area contributed by atoms with Gasteiger partial charge in [0.15, 0.2) is 5.17 Å². The van der Waals surface area contributed by atoms with Crippen LogP contribution in [0.1, 0.15) is 22.8 Å². The van der Waals surface area contributed by atoms with E-state index < -0.39 is 5.97 Å². The average Bonchev–Trinajstić information content (AvgIpc) is 2.92. The summed E-state index contributed by atoms with van der Waals surface area (Å²) in [4.78, 5) is 30.0. The number of carbonyl (C=O) groups excluding carboxylic acids is 1. The molecule has 1 aliphatic heterocycles. The Morgan fingerprint density at radius 3 is 2.42 bits per heavy atom. The maximum absolute atomic E-state index is 13.0. The SMILES string of the molecule is CCN1C(=O)/C(=C\c2ccc(F)cc2)SC1=Nc1ccc(C(=O)O)cc1. The van der Waals surface area contributed by atoms with Gasteiger partial charge in [0.05, 0.1) is 16.2 Å². The summed E-state index contributed by atoms with van der Waals surface area (Å²) in [6.45, 7) is 2.31. The number of carbonyl (C=O) groups is 2. The Hall–Kier alpha value is -2.93. The molecular weight excluding hydrogens is 355 g/mol. The van der Waals surface area contributed by atoms with Crippen molar-refractivity contribution in [3.05, 3.63) is 70.4 Å². The molecule has 132 valence electrons. The van der Waals surface area contributed by atoms with Crippen molar-refractivity contribution >= 4 is 40.6 Å². The molecule has 0 aliphatic carbocycles.